The van der Waals surface area contributed by atoms with Crippen molar-refractivity contribution in [2.45, 2.75) is 33.2 Å². The lowest BCUT2D eigenvalue weighted by molar-refractivity contribution is 0.0984. The molecule has 1 atom stereocenters. The number of nitrogens with one attached hydrogen (secondary N) is 2. The van der Waals surface area contributed by atoms with Crippen LogP contribution >= 0.6 is 0 Å². The van der Waals surface area contributed by atoms with E-state index in [2.05, 4.69) is 25.7 Å². The number of amides is 3. The summed E-state index contributed by atoms with van der Waals surface area (Å²) in [5.74, 6) is -0.105. The predicted octanol–water partition coefficient (Wildman–Crippen LogP) is 4.40. The van der Waals surface area contributed by atoms with E-state index in [9.17, 15) is 19.2 Å². The lowest BCUT2D eigenvalue weighted by Gasteiger charge is -2.25. The first-order chi connectivity index (χ1) is 21.5. The molecule has 0 bridgehead atoms. The molecule has 228 valence electrons. The first-order valence-corrected chi connectivity index (χ1v) is 14.3. The second kappa shape index (κ2) is 11.3. The maximum absolute atomic E-state index is 13.8. The standard InChI is InChI=1S/C32H30N8O5/c1-6-23-26-27(30(42)35-21-9-7-8-20(16-21)29(41)36-24-14-15-38(4)37-24)33-18(3)34-28(26)32(44)40(23)22-12-10-19(11-13-22)25-17(2)45-39(5)31(25)43/h7-16,23H,6H2,1-5H3,(H,35,42)(H,36,37,41)/t23-/m1/s1. The Balaban J connectivity index is 1.28. The van der Waals surface area contributed by atoms with Crippen LogP contribution < -0.4 is 21.1 Å². The highest BCUT2D eigenvalue weighted by atomic mass is 16.5. The van der Waals surface area contributed by atoms with Crippen molar-refractivity contribution in [3.8, 4) is 11.1 Å². The molecule has 0 saturated heterocycles. The van der Waals surface area contributed by atoms with Crippen molar-refractivity contribution in [3.63, 3.8) is 0 Å². The van der Waals surface area contributed by atoms with E-state index in [0.29, 0.717) is 51.6 Å². The van der Waals surface area contributed by atoms with Gasteiger partial charge in [0, 0.05) is 48.9 Å². The smallest absolute Gasteiger partial charge is 0.290 e. The minimum atomic E-state index is -0.534. The molecule has 13 nitrogen and oxygen atoms in total. The number of nitrogens with zero attached hydrogens (tertiary/aromatic N) is 6. The molecular weight excluding hydrogens is 576 g/mol. The molecule has 0 fully saturated rings. The highest BCUT2D eigenvalue weighted by molar-refractivity contribution is 6.14. The van der Waals surface area contributed by atoms with E-state index < -0.39 is 11.9 Å². The molecule has 1 aliphatic heterocycles. The number of rotatable bonds is 7. The van der Waals surface area contributed by atoms with Gasteiger partial charge in [-0.05, 0) is 56.2 Å². The Kier molecular flexibility index (Phi) is 7.36. The van der Waals surface area contributed by atoms with Gasteiger partial charge in [-0.25, -0.2) is 9.97 Å². The van der Waals surface area contributed by atoms with Crippen molar-refractivity contribution >= 4 is 34.9 Å². The molecular formula is C32H30N8O5. The summed E-state index contributed by atoms with van der Waals surface area (Å²) in [5, 5.41) is 9.71. The van der Waals surface area contributed by atoms with Crippen molar-refractivity contribution in [1.82, 2.24) is 24.5 Å². The molecule has 0 saturated carbocycles. The average molecular weight is 607 g/mol. The van der Waals surface area contributed by atoms with E-state index in [1.807, 2.05) is 6.92 Å². The summed E-state index contributed by atoms with van der Waals surface area (Å²) >= 11 is 0. The van der Waals surface area contributed by atoms with Crippen molar-refractivity contribution in [2.75, 3.05) is 15.5 Å². The molecule has 13 heteroatoms. The van der Waals surface area contributed by atoms with Crippen LogP contribution in [0.3, 0.4) is 0 Å². The van der Waals surface area contributed by atoms with E-state index in [0.717, 1.165) is 0 Å². The zero-order valence-electron chi connectivity index (χ0n) is 25.3. The fourth-order valence-electron chi connectivity index (χ4n) is 5.62. The van der Waals surface area contributed by atoms with Crippen LogP contribution in [-0.4, -0.2) is 42.2 Å². The van der Waals surface area contributed by atoms with Crippen LogP contribution in [0.25, 0.3) is 11.1 Å². The van der Waals surface area contributed by atoms with Crippen LogP contribution in [0.1, 0.15) is 67.9 Å². The molecule has 5 aromatic rings. The zero-order valence-corrected chi connectivity index (χ0v) is 25.3. The fourth-order valence-corrected chi connectivity index (χ4v) is 5.62. The maximum atomic E-state index is 13.8. The van der Waals surface area contributed by atoms with Gasteiger partial charge < -0.3 is 15.2 Å². The third kappa shape index (κ3) is 5.28. The summed E-state index contributed by atoms with van der Waals surface area (Å²) in [4.78, 5) is 63.3. The third-order valence-electron chi connectivity index (χ3n) is 7.62. The van der Waals surface area contributed by atoms with Crippen LogP contribution in [0, 0.1) is 13.8 Å². The first kappa shape index (κ1) is 29.2. The Morgan fingerprint density at radius 1 is 0.956 bits per heavy atom. The summed E-state index contributed by atoms with van der Waals surface area (Å²) < 4.78 is 8.17. The highest BCUT2D eigenvalue weighted by Crippen LogP contribution is 2.40. The van der Waals surface area contributed by atoms with Crippen LogP contribution in [0.5, 0.6) is 0 Å². The largest absolute Gasteiger partial charge is 0.381 e. The van der Waals surface area contributed by atoms with Gasteiger partial charge in [-0.15, -0.1) is 0 Å². The Bertz CT molecular complexity index is 2040. The second-order valence-electron chi connectivity index (χ2n) is 10.7. The fraction of sp³-hybridized carbons (Fsp3) is 0.219. The van der Waals surface area contributed by atoms with E-state index in [4.69, 9.17) is 4.52 Å². The van der Waals surface area contributed by atoms with Crippen molar-refractivity contribution in [3.05, 3.63) is 105 Å². The molecule has 3 amide bonds. The number of anilines is 3. The first-order valence-electron chi connectivity index (χ1n) is 14.3. The van der Waals surface area contributed by atoms with Crippen molar-refractivity contribution < 1.29 is 18.9 Å². The Labute approximate surface area is 257 Å². The van der Waals surface area contributed by atoms with Crippen LogP contribution in [0.15, 0.2) is 70.1 Å². The second-order valence-corrected chi connectivity index (χ2v) is 10.7. The predicted molar refractivity (Wildman–Crippen MR) is 166 cm³/mol. The van der Waals surface area contributed by atoms with Crippen molar-refractivity contribution in [1.29, 1.82) is 0 Å². The monoisotopic (exact) mass is 606 g/mol. The van der Waals surface area contributed by atoms with E-state index >= 15 is 0 Å². The molecule has 2 N–H and O–H groups in total. The minimum absolute atomic E-state index is 0.0812. The molecule has 0 aliphatic carbocycles. The van der Waals surface area contributed by atoms with Gasteiger partial charge in [0.05, 0.1) is 11.6 Å². The van der Waals surface area contributed by atoms with Gasteiger partial charge in [-0.3, -0.25) is 28.8 Å². The van der Waals surface area contributed by atoms with Gasteiger partial charge in [0.25, 0.3) is 23.3 Å². The average Bonchev–Trinajstić information content (AvgIpc) is 3.64. The number of aryl methyl sites for hydroxylation is 4. The number of hydrogen-bond acceptors (Lipinski definition) is 8. The maximum Gasteiger partial charge on any atom is 0.290 e. The third-order valence-corrected chi connectivity index (χ3v) is 7.62. The Hall–Kier alpha value is -5.85. The van der Waals surface area contributed by atoms with Gasteiger partial charge in [0.15, 0.2) is 5.82 Å². The summed E-state index contributed by atoms with van der Waals surface area (Å²) in [5.41, 5.74) is 2.81. The lowest BCUT2D eigenvalue weighted by atomic mass is 10.0. The molecule has 45 heavy (non-hydrogen) atoms. The SMILES string of the molecule is CC[C@@H]1c2c(C(=O)Nc3cccc(C(=O)Nc4ccn(C)n4)c3)nc(C)nc2C(=O)N1c1ccc(-c2c(C)on(C)c2=O)cc1. The van der Waals surface area contributed by atoms with Crippen LogP contribution in [0.4, 0.5) is 17.2 Å². The normalized spacial score (nSPS) is 14.0. The van der Waals surface area contributed by atoms with E-state index in [1.165, 1.54) is 4.74 Å². The Morgan fingerprint density at radius 2 is 1.71 bits per heavy atom. The molecule has 0 spiro atoms. The molecule has 6 rings (SSSR count). The summed E-state index contributed by atoms with van der Waals surface area (Å²) in [6.07, 6.45) is 2.20. The number of benzene rings is 2. The van der Waals surface area contributed by atoms with Gasteiger partial charge >= 0.3 is 0 Å². The molecule has 1 aliphatic rings. The van der Waals surface area contributed by atoms with Gasteiger partial charge in [-0.2, -0.15) is 9.84 Å². The highest BCUT2D eigenvalue weighted by Gasteiger charge is 2.42. The minimum Gasteiger partial charge on any atom is -0.381 e. The Morgan fingerprint density at radius 3 is 2.36 bits per heavy atom. The van der Waals surface area contributed by atoms with Gasteiger partial charge in [-0.1, -0.05) is 25.1 Å². The number of fused-ring (bicyclic) bond motifs is 1. The number of aromatic nitrogens is 5. The van der Waals surface area contributed by atoms with Gasteiger partial charge in [0.1, 0.15) is 23.0 Å². The number of carbonyl (C=O) groups excluding carboxylic acids is 3. The quantitative estimate of drug-likeness (QED) is 0.276. The molecule has 3 aromatic heterocycles. The van der Waals surface area contributed by atoms with Crippen molar-refractivity contribution in [2.24, 2.45) is 14.1 Å². The van der Waals surface area contributed by atoms with E-state index in [-0.39, 0.29) is 34.6 Å². The number of carbonyl (C=O) groups is 3. The summed E-state index contributed by atoms with van der Waals surface area (Å²) in [6, 6.07) is 14.7. The summed E-state index contributed by atoms with van der Waals surface area (Å²) in [6.45, 7) is 5.26. The molecule has 0 radical (unpaired) electrons. The van der Waals surface area contributed by atoms with Crippen LogP contribution in [0.2, 0.25) is 0 Å². The topological polar surface area (TPSA) is 157 Å². The van der Waals surface area contributed by atoms with Gasteiger partial charge in [0.2, 0.25) is 0 Å². The molecule has 4 heterocycles. The molecule has 0 unspecified atom stereocenters. The van der Waals surface area contributed by atoms with E-state index in [1.54, 1.807) is 98.3 Å². The molecule has 2 aromatic carbocycles. The lowest BCUT2D eigenvalue weighted by Crippen LogP contribution is -2.28. The number of hydrogen-bond donors (Lipinski definition) is 2. The summed E-state index contributed by atoms with van der Waals surface area (Å²) in [7, 11) is 3.30. The zero-order chi connectivity index (χ0) is 32.0. The van der Waals surface area contributed by atoms with Crippen LogP contribution in [-0.2, 0) is 14.1 Å².